The zero-order valence-corrected chi connectivity index (χ0v) is 11.2. The minimum atomic E-state index is 0.220. The Morgan fingerprint density at radius 3 is 2.56 bits per heavy atom. The third-order valence-electron chi connectivity index (χ3n) is 2.46. The van der Waals surface area contributed by atoms with Crippen molar-refractivity contribution in [2.75, 3.05) is 6.54 Å². The number of nitrogens with zero attached hydrogens (tertiary/aromatic N) is 2. The minimum absolute atomic E-state index is 0.220. The van der Waals surface area contributed by atoms with Crippen LogP contribution in [0.3, 0.4) is 0 Å². The van der Waals surface area contributed by atoms with Crippen LogP contribution in [0.1, 0.15) is 52.8 Å². The fourth-order valence-corrected chi connectivity index (χ4v) is 1.53. The second kappa shape index (κ2) is 5.48. The largest absolute Gasteiger partial charge is 0.312 e. The zero-order chi connectivity index (χ0) is 12.2. The van der Waals surface area contributed by atoms with Crippen molar-refractivity contribution in [1.29, 1.82) is 0 Å². The van der Waals surface area contributed by atoms with Gasteiger partial charge < -0.3 is 5.32 Å². The Hall–Kier alpha value is -0.830. The summed E-state index contributed by atoms with van der Waals surface area (Å²) in [5, 5.41) is 8.02. The Morgan fingerprint density at radius 1 is 1.38 bits per heavy atom. The van der Waals surface area contributed by atoms with E-state index >= 15 is 0 Å². The molecule has 1 aromatic heterocycles. The maximum Gasteiger partial charge on any atom is 0.0625 e. The highest BCUT2D eigenvalue weighted by Gasteiger charge is 2.07. The predicted octanol–water partition coefficient (Wildman–Crippen LogP) is 2.78. The van der Waals surface area contributed by atoms with E-state index in [0.29, 0.717) is 6.04 Å². The van der Waals surface area contributed by atoms with E-state index in [0.717, 1.165) is 19.4 Å². The summed E-state index contributed by atoms with van der Waals surface area (Å²) in [7, 11) is 0. The molecule has 0 fully saturated rings. The van der Waals surface area contributed by atoms with Crippen LogP contribution in [0.2, 0.25) is 0 Å². The Labute approximate surface area is 99.2 Å². The molecule has 0 bridgehead atoms. The second-order valence-corrected chi connectivity index (χ2v) is 5.66. The fourth-order valence-electron chi connectivity index (χ4n) is 1.53. The molecule has 0 aromatic carbocycles. The van der Waals surface area contributed by atoms with Gasteiger partial charge in [0.05, 0.1) is 5.69 Å². The molecule has 3 nitrogen and oxygen atoms in total. The van der Waals surface area contributed by atoms with Gasteiger partial charge in [0.2, 0.25) is 0 Å². The monoisotopic (exact) mass is 223 g/mol. The smallest absolute Gasteiger partial charge is 0.0625 e. The van der Waals surface area contributed by atoms with Gasteiger partial charge in [-0.25, -0.2) is 0 Å². The predicted molar refractivity (Wildman–Crippen MR) is 68.7 cm³/mol. The molecule has 1 N–H and O–H groups in total. The lowest BCUT2D eigenvalue weighted by molar-refractivity contribution is 0.421. The Balaban J connectivity index is 2.27. The van der Waals surface area contributed by atoms with Crippen LogP contribution in [0.25, 0.3) is 0 Å². The van der Waals surface area contributed by atoms with Crippen LogP contribution in [0.5, 0.6) is 0 Å². The summed E-state index contributed by atoms with van der Waals surface area (Å²) in [6.07, 6.45) is 4.27. The van der Waals surface area contributed by atoms with Crippen molar-refractivity contribution in [3.8, 4) is 0 Å². The summed E-state index contributed by atoms with van der Waals surface area (Å²) >= 11 is 0. The number of aryl methyl sites for hydroxylation is 1. The molecule has 0 saturated heterocycles. The van der Waals surface area contributed by atoms with Crippen molar-refractivity contribution >= 4 is 0 Å². The maximum atomic E-state index is 4.53. The van der Waals surface area contributed by atoms with Crippen molar-refractivity contribution in [1.82, 2.24) is 15.1 Å². The molecule has 1 rings (SSSR count). The van der Waals surface area contributed by atoms with Crippen molar-refractivity contribution in [2.24, 2.45) is 0 Å². The molecule has 0 saturated carbocycles. The van der Waals surface area contributed by atoms with Crippen molar-refractivity contribution in [3.63, 3.8) is 0 Å². The molecular formula is C13H25N3. The first-order chi connectivity index (χ1) is 7.38. The van der Waals surface area contributed by atoms with Crippen LogP contribution >= 0.6 is 0 Å². The van der Waals surface area contributed by atoms with E-state index in [1.165, 1.54) is 5.69 Å². The first-order valence-corrected chi connectivity index (χ1v) is 6.17. The van der Waals surface area contributed by atoms with Crippen LogP contribution in [0, 0.1) is 0 Å². The molecule has 16 heavy (non-hydrogen) atoms. The number of hydrogen-bond acceptors (Lipinski definition) is 2. The van der Waals surface area contributed by atoms with E-state index in [4.69, 9.17) is 0 Å². The SMILES string of the molecule is CC(C)n1ccc(CCCNC(C)(C)C)n1. The zero-order valence-electron chi connectivity index (χ0n) is 11.2. The summed E-state index contributed by atoms with van der Waals surface area (Å²) in [4.78, 5) is 0. The topological polar surface area (TPSA) is 29.9 Å². The first-order valence-electron chi connectivity index (χ1n) is 6.17. The molecular weight excluding hydrogens is 198 g/mol. The lowest BCUT2D eigenvalue weighted by Crippen LogP contribution is -2.36. The average Bonchev–Trinajstić information content (AvgIpc) is 2.59. The highest BCUT2D eigenvalue weighted by Crippen LogP contribution is 2.06. The van der Waals surface area contributed by atoms with Gasteiger partial charge in [0, 0.05) is 17.8 Å². The quantitative estimate of drug-likeness (QED) is 0.778. The van der Waals surface area contributed by atoms with Gasteiger partial charge >= 0.3 is 0 Å². The van der Waals surface area contributed by atoms with Crippen LogP contribution < -0.4 is 5.32 Å². The second-order valence-electron chi connectivity index (χ2n) is 5.66. The third-order valence-corrected chi connectivity index (χ3v) is 2.46. The molecule has 0 aliphatic rings. The lowest BCUT2D eigenvalue weighted by atomic mass is 10.1. The van der Waals surface area contributed by atoms with Crippen LogP contribution in [-0.2, 0) is 6.42 Å². The average molecular weight is 223 g/mol. The van der Waals surface area contributed by atoms with Gasteiger partial charge in [-0.1, -0.05) is 0 Å². The van der Waals surface area contributed by atoms with Crippen molar-refractivity contribution in [3.05, 3.63) is 18.0 Å². The van der Waals surface area contributed by atoms with Crippen LogP contribution in [0.4, 0.5) is 0 Å². The molecule has 3 heteroatoms. The van der Waals surface area contributed by atoms with E-state index < -0.39 is 0 Å². The maximum absolute atomic E-state index is 4.53. The molecule has 0 radical (unpaired) electrons. The molecule has 0 spiro atoms. The van der Waals surface area contributed by atoms with E-state index in [-0.39, 0.29) is 5.54 Å². The fraction of sp³-hybridized carbons (Fsp3) is 0.769. The number of rotatable bonds is 5. The number of hydrogen-bond donors (Lipinski definition) is 1. The van der Waals surface area contributed by atoms with Gasteiger partial charge in [-0.2, -0.15) is 5.10 Å². The van der Waals surface area contributed by atoms with Gasteiger partial charge in [-0.15, -0.1) is 0 Å². The van der Waals surface area contributed by atoms with E-state index in [1.54, 1.807) is 0 Å². The van der Waals surface area contributed by atoms with Gasteiger partial charge in [-0.3, -0.25) is 4.68 Å². The molecule has 1 heterocycles. The number of nitrogens with one attached hydrogen (secondary N) is 1. The van der Waals surface area contributed by atoms with Gasteiger partial charge in [0.1, 0.15) is 0 Å². The highest BCUT2D eigenvalue weighted by atomic mass is 15.3. The van der Waals surface area contributed by atoms with Crippen LogP contribution in [0.15, 0.2) is 12.3 Å². The Morgan fingerprint density at radius 2 is 2.06 bits per heavy atom. The number of aromatic nitrogens is 2. The summed E-state index contributed by atoms with van der Waals surface area (Å²) in [5.41, 5.74) is 1.42. The molecule has 0 aliphatic heterocycles. The van der Waals surface area contributed by atoms with Crippen LogP contribution in [-0.4, -0.2) is 21.9 Å². The minimum Gasteiger partial charge on any atom is -0.312 e. The summed E-state index contributed by atoms with van der Waals surface area (Å²) in [5.74, 6) is 0. The van der Waals surface area contributed by atoms with Gasteiger partial charge in [-0.05, 0) is 60.1 Å². The third kappa shape index (κ3) is 4.79. The summed E-state index contributed by atoms with van der Waals surface area (Å²) in [6.45, 7) is 11.9. The van der Waals surface area contributed by atoms with Crippen molar-refractivity contribution < 1.29 is 0 Å². The molecule has 1 aromatic rings. The lowest BCUT2D eigenvalue weighted by Gasteiger charge is -2.20. The molecule has 0 amide bonds. The van der Waals surface area contributed by atoms with Gasteiger partial charge in [0.25, 0.3) is 0 Å². The van der Waals surface area contributed by atoms with Crippen molar-refractivity contribution in [2.45, 2.75) is 59.0 Å². The summed E-state index contributed by atoms with van der Waals surface area (Å²) in [6, 6.07) is 2.58. The molecule has 0 atom stereocenters. The standard InChI is InChI=1S/C13H25N3/c1-11(2)16-10-8-12(15-16)7-6-9-14-13(3,4)5/h8,10-11,14H,6-7,9H2,1-5H3. The summed E-state index contributed by atoms with van der Waals surface area (Å²) < 4.78 is 2.02. The van der Waals surface area contributed by atoms with Gasteiger partial charge in [0.15, 0.2) is 0 Å². The molecule has 92 valence electrons. The van der Waals surface area contributed by atoms with E-state index in [2.05, 4.69) is 57.3 Å². The molecule has 0 unspecified atom stereocenters. The molecule has 0 aliphatic carbocycles. The Kier molecular flexibility index (Phi) is 4.54. The Bertz CT molecular complexity index is 307. The first kappa shape index (κ1) is 13.2. The highest BCUT2D eigenvalue weighted by molar-refractivity contribution is 4.99. The van der Waals surface area contributed by atoms with E-state index in [9.17, 15) is 0 Å². The van der Waals surface area contributed by atoms with E-state index in [1.807, 2.05) is 4.68 Å². The normalized spacial score (nSPS) is 12.4.